The molecular formula is C18H13FN3O4-. The third-order valence-electron chi connectivity index (χ3n) is 3.81. The smallest absolute Gasteiger partial charge is 0.275 e. The molecule has 1 amide bonds. The zero-order valence-corrected chi connectivity index (χ0v) is 13.7. The molecule has 0 unspecified atom stereocenters. The number of amides is 1. The molecule has 0 bridgehead atoms. The van der Waals surface area contributed by atoms with Gasteiger partial charge in [0.25, 0.3) is 5.56 Å². The number of nitrogens with one attached hydrogen (secondary N) is 1. The molecule has 3 aromatic rings. The van der Waals surface area contributed by atoms with Gasteiger partial charge in [-0.1, -0.05) is 24.3 Å². The van der Waals surface area contributed by atoms with E-state index in [0.29, 0.717) is 5.56 Å². The molecule has 1 aromatic heterocycles. The summed E-state index contributed by atoms with van der Waals surface area (Å²) >= 11 is 0. The lowest BCUT2D eigenvalue weighted by Crippen LogP contribution is -2.34. The molecule has 0 aliphatic heterocycles. The number of hydrogen-bond donors (Lipinski definition) is 1. The lowest BCUT2D eigenvalue weighted by Gasteiger charge is -2.12. The van der Waals surface area contributed by atoms with E-state index in [1.807, 2.05) is 0 Å². The maximum Gasteiger partial charge on any atom is 0.275 e. The first-order valence-electron chi connectivity index (χ1n) is 7.64. The van der Waals surface area contributed by atoms with Gasteiger partial charge >= 0.3 is 0 Å². The summed E-state index contributed by atoms with van der Waals surface area (Å²) in [5.41, 5.74) is -0.411. The number of hydrogen-bond acceptors (Lipinski definition) is 5. The minimum atomic E-state index is -1.56. The molecule has 0 saturated carbocycles. The Morgan fingerprint density at radius 1 is 1.19 bits per heavy atom. The molecule has 8 heteroatoms. The van der Waals surface area contributed by atoms with Gasteiger partial charge in [-0.2, -0.15) is 5.10 Å². The Bertz CT molecular complexity index is 1090. The van der Waals surface area contributed by atoms with E-state index in [9.17, 15) is 23.9 Å². The molecule has 0 spiro atoms. The molecule has 26 heavy (non-hydrogen) atoms. The number of aromatic carboxylic acids is 1. The van der Waals surface area contributed by atoms with Crippen LogP contribution >= 0.6 is 0 Å². The molecule has 132 valence electrons. The standard InChI is InChI=1S/C18H14FN3O4/c1-10-6-7-11(8-14(10)19)20-15(23)9-22-17(24)13-5-3-2-4-12(13)16(21-22)18(25)26/h2-8H,9H2,1H3,(H,20,23)(H,25,26)/p-1. The van der Waals surface area contributed by atoms with Gasteiger partial charge in [0.1, 0.15) is 18.1 Å². The zero-order valence-electron chi connectivity index (χ0n) is 13.7. The van der Waals surface area contributed by atoms with Gasteiger partial charge in [0.15, 0.2) is 0 Å². The van der Waals surface area contributed by atoms with Gasteiger partial charge < -0.3 is 15.2 Å². The van der Waals surface area contributed by atoms with E-state index >= 15 is 0 Å². The summed E-state index contributed by atoms with van der Waals surface area (Å²) in [5.74, 6) is -2.69. The first-order valence-corrected chi connectivity index (χ1v) is 7.64. The maximum absolute atomic E-state index is 13.5. The van der Waals surface area contributed by atoms with Gasteiger partial charge in [-0.25, -0.2) is 9.07 Å². The Labute approximate surface area is 146 Å². The fourth-order valence-corrected chi connectivity index (χ4v) is 2.50. The lowest BCUT2D eigenvalue weighted by molar-refractivity contribution is -0.255. The van der Waals surface area contributed by atoms with Gasteiger partial charge in [0.2, 0.25) is 5.91 Å². The highest BCUT2D eigenvalue weighted by Crippen LogP contribution is 2.14. The number of rotatable bonds is 4. The van der Waals surface area contributed by atoms with Crippen molar-refractivity contribution in [3.63, 3.8) is 0 Å². The first kappa shape index (κ1) is 17.3. The maximum atomic E-state index is 13.5. The van der Waals surface area contributed by atoms with E-state index in [1.165, 1.54) is 24.3 Å². The predicted molar refractivity (Wildman–Crippen MR) is 90.1 cm³/mol. The van der Waals surface area contributed by atoms with Crippen LogP contribution in [0.1, 0.15) is 16.1 Å². The SMILES string of the molecule is Cc1ccc(NC(=O)Cn2nc(C(=O)[O-])c3ccccc3c2=O)cc1F. The molecule has 0 aliphatic rings. The second-order valence-corrected chi connectivity index (χ2v) is 5.66. The molecule has 2 aromatic carbocycles. The third-order valence-corrected chi connectivity index (χ3v) is 3.81. The zero-order chi connectivity index (χ0) is 18.8. The highest BCUT2D eigenvalue weighted by Gasteiger charge is 2.14. The number of aryl methyl sites for hydroxylation is 1. The van der Waals surface area contributed by atoms with E-state index in [0.717, 1.165) is 10.7 Å². The van der Waals surface area contributed by atoms with Crippen molar-refractivity contribution in [1.82, 2.24) is 9.78 Å². The van der Waals surface area contributed by atoms with Gasteiger partial charge in [-0.15, -0.1) is 0 Å². The first-order chi connectivity index (χ1) is 12.4. The van der Waals surface area contributed by atoms with Crippen LogP contribution in [-0.4, -0.2) is 21.7 Å². The number of anilines is 1. The van der Waals surface area contributed by atoms with E-state index < -0.39 is 35.5 Å². The second kappa shape index (κ2) is 6.75. The number of halogens is 1. The van der Waals surface area contributed by atoms with Crippen molar-refractivity contribution < 1.29 is 19.1 Å². The number of carbonyl (C=O) groups is 2. The Morgan fingerprint density at radius 3 is 2.54 bits per heavy atom. The number of benzene rings is 2. The summed E-state index contributed by atoms with van der Waals surface area (Å²) < 4.78 is 14.3. The second-order valence-electron chi connectivity index (χ2n) is 5.66. The fourth-order valence-electron chi connectivity index (χ4n) is 2.50. The van der Waals surface area contributed by atoms with Crippen LogP contribution in [0.25, 0.3) is 10.8 Å². The number of fused-ring (bicyclic) bond motifs is 1. The van der Waals surface area contributed by atoms with E-state index in [1.54, 1.807) is 19.1 Å². The van der Waals surface area contributed by atoms with Crippen molar-refractivity contribution in [3.05, 3.63) is 69.9 Å². The van der Waals surface area contributed by atoms with Crippen LogP contribution in [0.15, 0.2) is 47.3 Å². The summed E-state index contributed by atoms with van der Waals surface area (Å²) in [6.45, 7) is 1.06. The monoisotopic (exact) mass is 354 g/mol. The van der Waals surface area contributed by atoms with Crippen LogP contribution in [0.2, 0.25) is 0 Å². The summed E-state index contributed by atoms with van der Waals surface area (Å²) in [5, 5.41) is 17.7. The number of nitrogens with zero attached hydrogens (tertiary/aromatic N) is 2. The molecule has 0 radical (unpaired) electrons. The van der Waals surface area contributed by atoms with Crippen LogP contribution in [0.4, 0.5) is 10.1 Å². The number of carboxylic acid groups (broad SMARTS) is 1. The predicted octanol–water partition coefficient (Wildman–Crippen LogP) is 0.846. The third kappa shape index (κ3) is 3.30. The lowest BCUT2D eigenvalue weighted by atomic mass is 10.1. The quantitative estimate of drug-likeness (QED) is 0.748. The van der Waals surface area contributed by atoms with Crippen LogP contribution in [-0.2, 0) is 11.3 Å². The number of aromatic nitrogens is 2. The summed E-state index contributed by atoms with van der Waals surface area (Å²) in [6.07, 6.45) is 0. The Kier molecular flexibility index (Phi) is 4.49. The molecule has 7 nitrogen and oxygen atoms in total. The molecule has 1 N–H and O–H groups in total. The topological polar surface area (TPSA) is 104 Å². The van der Waals surface area contributed by atoms with Crippen molar-refractivity contribution in [3.8, 4) is 0 Å². The molecule has 1 heterocycles. The van der Waals surface area contributed by atoms with E-state index in [-0.39, 0.29) is 16.5 Å². The summed E-state index contributed by atoms with van der Waals surface area (Å²) in [4.78, 5) is 35.9. The van der Waals surface area contributed by atoms with Gasteiger partial charge in [0.05, 0.1) is 11.4 Å². The average Bonchev–Trinajstić information content (AvgIpc) is 2.60. The Hall–Kier alpha value is -3.55. The molecule has 0 atom stereocenters. The average molecular weight is 354 g/mol. The fraction of sp³-hybridized carbons (Fsp3) is 0.111. The van der Waals surface area contributed by atoms with Crippen molar-refractivity contribution in [1.29, 1.82) is 0 Å². The largest absolute Gasteiger partial charge is 0.543 e. The molecule has 3 rings (SSSR count). The van der Waals surface area contributed by atoms with Gasteiger partial charge in [0, 0.05) is 11.1 Å². The Morgan fingerprint density at radius 2 is 1.88 bits per heavy atom. The normalized spacial score (nSPS) is 10.7. The highest BCUT2D eigenvalue weighted by molar-refractivity contribution is 6.00. The minimum Gasteiger partial charge on any atom is -0.543 e. The number of carboxylic acids is 1. The van der Waals surface area contributed by atoms with Crippen molar-refractivity contribution in [2.75, 3.05) is 5.32 Å². The van der Waals surface area contributed by atoms with Crippen LogP contribution in [0, 0.1) is 12.7 Å². The highest BCUT2D eigenvalue weighted by atomic mass is 19.1. The van der Waals surface area contributed by atoms with Crippen LogP contribution in [0.3, 0.4) is 0 Å². The molecular weight excluding hydrogens is 341 g/mol. The molecule has 0 fully saturated rings. The molecule has 0 saturated heterocycles. The number of carbonyl (C=O) groups excluding carboxylic acids is 2. The van der Waals surface area contributed by atoms with Crippen LogP contribution in [0.5, 0.6) is 0 Å². The van der Waals surface area contributed by atoms with Gasteiger partial charge in [-0.05, 0) is 30.7 Å². The van der Waals surface area contributed by atoms with E-state index in [4.69, 9.17) is 0 Å². The van der Waals surface area contributed by atoms with Crippen LogP contribution < -0.4 is 16.0 Å². The van der Waals surface area contributed by atoms with E-state index in [2.05, 4.69) is 10.4 Å². The van der Waals surface area contributed by atoms with Crippen molar-refractivity contribution in [2.24, 2.45) is 0 Å². The Balaban J connectivity index is 1.94. The molecule has 0 aliphatic carbocycles. The summed E-state index contributed by atoms with van der Waals surface area (Å²) in [7, 11) is 0. The van der Waals surface area contributed by atoms with Crippen molar-refractivity contribution in [2.45, 2.75) is 13.5 Å². The minimum absolute atomic E-state index is 0.107. The van der Waals surface area contributed by atoms with Crippen molar-refractivity contribution >= 4 is 28.3 Å². The van der Waals surface area contributed by atoms with Gasteiger partial charge in [-0.3, -0.25) is 9.59 Å². The summed E-state index contributed by atoms with van der Waals surface area (Å²) in [6, 6.07) is 10.2.